The molecule has 4 rings (SSSR count). The highest BCUT2D eigenvalue weighted by molar-refractivity contribution is 6.51. The third-order valence-corrected chi connectivity index (χ3v) is 5.55. The van der Waals surface area contributed by atoms with Gasteiger partial charge in [0.2, 0.25) is 0 Å². The Balaban J connectivity index is 1.90. The van der Waals surface area contributed by atoms with Gasteiger partial charge >= 0.3 is 6.36 Å². The van der Waals surface area contributed by atoms with Crippen molar-refractivity contribution in [1.29, 1.82) is 0 Å². The molecule has 34 heavy (non-hydrogen) atoms. The standard InChI is InChI=1S/C25H19F3N2O4/c1-14-8-9-16(11-15(14)2)22(31)20-21(17-5-4-10-29-13-17)30(24(33)23(20)32)18-6-3-7-19(12-18)34-25(26,27)28/h3-13,21,31H,1-2H3/b22-20+. The van der Waals surface area contributed by atoms with Gasteiger partial charge in [-0.3, -0.25) is 19.5 Å². The minimum Gasteiger partial charge on any atom is -0.507 e. The van der Waals surface area contributed by atoms with Gasteiger partial charge in [-0.15, -0.1) is 13.2 Å². The number of Topliss-reactive ketones (excluding diaryl/α,β-unsaturated/α-hetero) is 1. The van der Waals surface area contributed by atoms with Gasteiger partial charge in [0.15, 0.2) is 0 Å². The fourth-order valence-electron chi connectivity index (χ4n) is 3.83. The zero-order valence-corrected chi connectivity index (χ0v) is 18.1. The van der Waals surface area contributed by atoms with Crippen molar-refractivity contribution in [2.45, 2.75) is 26.3 Å². The van der Waals surface area contributed by atoms with Crippen LogP contribution in [0, 0.1) is 13.8 Å². The smallest absolute Gasteiger partial charge is 0.507 e. The second kappa shape index (κ2) is 8.66. The maximum atomic E-state index is 13.1. The molecule has 1 aromatic heterocycles. The van der Waals surface area contributed by atoms with E-state index in [1.165, 1.54) is 24.5 Å². The van der Waals surface area contributed by atoms with Crippen LogP contribution in [0.15, 0.2) is 72.6 Å². The molecule has 1 atom stereocenters. The number of ketones is 1. The number of benzene rings is 2. The summed E-state index contributed by atoms with van der Waals surface area (Å²) in [6.45, 7) is 3.74. The van der Waals surface area contributed by atoms with E-state index >= 15 is 0 Å². The molecule has 0 aliphatic carbocycles. The summed E-state index contributed by atoms with van der Waals surface area (Å²) in [5, 5.41) is 11.1. The number of carbonyl (C=O) groups excluding carboxylic acids is 2. The zero-order valence-electron chi connectivity index (χ0n) is 18.1. The number of hydrogen-bond acceptors (Lipinski definition) is 5. The Kier molecular flexibility index (Phi) is 5.87. The first-order chi connectivity index (χ1) is 16.1. The van der Waals surface area contributed by atoms with E-state index in [0.29, 0.717) is 11.1 Å². The van der Waals surface area contributed by atoms with Crippen LogP contribution in [0.2, 0.25) is 0 Å². The highest BCUT2D eigenvalue weighted by Gasteiger charge is 2.47. The van der Waals surface area contributed by atoms with Crippen molar-refractivity contribution < 1.29 is 32.6 Å². The van der Waals surface area contributed by atoms with E-state index in [4.69, 9.17) is 0 Å². The summed E-state index contributed by atoms with van der Waals surface area (Å²) >= 11 is 0. The molecule has 1 fully saturated rings. The Hall–Kier alpha value is -4.14. The maximum absolute atomic E-state index is 13.1. The van der Waals surface area contributed by atoms with E-state index in [1.807, 2.05) is 13.8 Å². The number of aromatic nitrogens is 1. The number of nitrogens with zero attached hydrogens (tertiary/aromatic N) is 2. The predicted molar refractivity (Wildman–Crippen MR) is 118 cm³/mol. The van der Waals surface area contributed by atoms with E-state index in [1.54, 1.807) is 30.3 Å². The van der Waals surface area contributed by atoms with E-state index in [0.717, 1.165) is 28.2 Å². The Bertz CT molecular complexity index is 1300. The summed E-state index contributed by atoms with van der Waals surface area (Å²) in [5.41, 5.74) is 2.38. The van der Waals surface area contributed by atoms with Gasteiger partial charge in [-0.1, -0.05) is 24.3 Å². The summed E-state index contributed by atoms with van der Waals surface area (Å²) in [6.07, 6.45) is -2.01. The van der Waals surface area contributed by atoms with Crippen LogP contribution < -0.4 is 9.64 Å². The van der Waals surface area contributed by atoms with Gasteiger partial charge < -0.3 is 9.84 Å². The van der Waals surface area contributed by atoms with Crippen LogP contribution in [0.5, 0.6) is 5.75 Å². The SMILES string of the molecule is Cc1ccc(/C(O)=C2\C(=O)C(=O)N(c3cccc(OC(F)(F)F)c3)C2c2cccnc2)cc1C. The van der Waals surface area contributed by atoms with Crippen molar-refractivity contribution in [2.75, 3.05) is 4.90 Å². The van der Waals surface area contributed by atoms with E-state index in [-0.39, 0.29) is 17.0 Å². The molecule has 6 nitrogen and oxygen atoms in total. The average molecular weight is 468 g/mol. The van der Waals surface area contributed by atoms with E-state index in [9.17, 15) is 27.9 Å². The molecular formula is C25H19F3N2O4. The summed E-state index contributed by atoms with van der Waals surface area (Å²) in [4.78, 5) is 31.3. The number of pyridine rings is 1. The summed E-state index contributed by atoms with van der Waals surface area (Å²) in [5.74, 6) is -2.90. The van der Waals surface area contributed by atoms with Crippen LogP contribution in [-0.4, -0.2) is 28.1 Å². The van der Waals surface area contributed by atoms with Gasteiger partial charge in [0.25, 0.3) is 11.7 Å². The van der Waals surface area contributed by atoms with Crippen LogP contribution in [0.1, 0.15) is 28.3 Å². The molecule has 1 amide bonds. The van der Waals surface area contributed by atoms with E-state index < -0.39 is 29.8 Å². The summed E-state index contributed by atoms with van der Waals surface area (Å²) in [7, 11) is 0. The number of aliphatic hydroxyl groups excluding tert-OH is 1. The zero-order chi connectivity index (χ0) is 24.6. The molecule has 1 unspecified atom stereocenters. The number of hydrogen-bond donors (Lipinski definition) is 1. The molecule has 1 aliphatic rings. The molecule has 9 heteroatoms. The number of carbonyl (C=O) groups is 2. The first kappa shape index (κ1) is 23.0. The highest BCUT2D eigenvalue weighted by atomic mass is 19.4. The Morgan fingerprint density at radius 2 is 1.79 bits per heavy atom. The van der Waals surface area contributed by atoms with Crippen molar-refractivity contribution in [3.05, 3.63) is 94.8 Å². The number of alkyl halides is 3. The Labute approximate surface area is 192 Å². The number of rotatable bonds is 4. The molecule has 2 heterocycles. The lowest BCUT2D eigenvalue weighted by Crippen LogP contribution is -2.29. The van der Waals surface area contributed by atoms with Gasteiger partial charge in [-0.2, -0.15) is 0 Å². The van der Waals surface area contributed by atoms with Crippen LogP contribution in [0.3, 0.4) is 0 Å². The number of amides is 1. The minimum absolute atomic E-state index is 0.00293. The number of halogens is 3. The first-order valence-corrected chi connectivity index (χ1v) is 10.2. The third kappa shape index (κ3) is 4.36. The molecular weight excluding hydrogens is 449 g/mol. The number of ether oxygens (including phenoxy) is 1. The quantitative estimate of drug-likeness (QED) is 0.323. The largest absolute Gasteiger partial charge is 0.573 e. The van der Waals surface area contributed by atoms with Crippen LogP contribution in [0.25, 0.3) is 5.76 Å². The second-order valence-electron chi connectivity index (χ2n) is 7.80. The molecule has 174 valence electrons. The molecule has 1 aliphatic heterocycles. The van der Waals surface area contributed by atoms with Gasteiger partial charge in [-0.25, -0.2) is 0 Å². The topological polar surface area (TPSA) is 79.7 Å². The number of aryl methyl sites for hydroxylation is 2. The normalized spacial score (nSPS) is 17.8. The lowest BCUT2D eigenvalue weighted by Gasteiger charge is -2.25. The van der Waals surface area contributed by atoms with Gasteiger partial charge in [0.1, 0.15) is 11.5 Å². The van der Waals surface area contributed by atoms with Crippen molar-refractivity contribution in [3.8, 4) is 5.75 Å². The molecule has 1 N–H and O–H groups in total. The van der Waals surface area contributed by atoms with Crippen molar-refractivity contribution in [3.63, 3.8) is 0 Å². The first-order valence-electron chi connectivity index (χ1n) is 10.2. The van der Waals surface area contributed by atoms with Crippen molar-refractivity contribution in [2.24, 2.45) is 0 Å². The maximum Gasteiger partial charge on any atom is 0.573 e. The molecule has 0 bridgehead atoms. The van der Waals surface area contributed by atoms with Gasteiger partial charge in [-0.05, 0) is 54.8 Å². The van der Waals surface area contributed by atoms with E-state index in [2.05, 4.69) is 9.72 Å². The van der Waals surface area contributed by atoms with Crippen molar-refractivity contribution in [1.82, 2.24) is 4.98 Å². The fourth-order valence-corrected chi connectivity index (χ4v) is 3.83. The Morgan fingerprint density at radius 3 is 2.44 bits per heavy atom. The van der Waals surface area contributed by atoms with Gasteiger partial charge in [0, 0.05) is 29.7 Å². The Morgan fingerprint density at radius 1 is 1.03 bits per heavy atom. The molecule has 0 saturated carbocycles. The van der Waals surface area contributed by atoms with Crippen molar-refractivity contribution >= 4 is 23.1 Å². The molecule has 2 aromatic carbocycles. The second-order valence-corrected chi connectivity index (χ2v) is 7.80. The number of aliphatic hydroxyl groups is 1. The monoisotopic (exact) mass is 468 g/mol. The summed E-state index contributed by atoms with van der Waals surface area (Å²) in [6, 6.07) is 11.9. The average Bonchev–Trinajstić information content (AvgIpc) is 3.05. The van der Waals surface area contributed by atoms with Gasteiger partial charge in [0.05, 0.1) is 11.6 Å². The predicted octanol–water partition coefficient (Wildman–Crippen LogP) is 5.22. The van der Waals surface area contributed by atoms with Crippen LogP contribution in [0.4, 0.5) is 18.9 Å². The number of anilines is 1. The molecule has 0 radical (unpaired) electrons. The molecule has 0 spiro atoms. The lowest BCUT2D eigenvalue weighted by molar-refractivity contribution is -0.274. The third-order valence-electron chi connectivity index (χ3n) is 5.55. The highest BCUT2D eigenvalue weighted by Crippen LogP contribution is 2.43. The fraction of sp³-hybridized carbons (Fsp3) is 0.160. The summed E-state index contributed by atoms with van der Waals surface area (Å²) < 4.78 is 42.2. The lowest BCUT2D eigenvalue weighted by atomic mass is 9.95. The molecule has 1 saturated heterocycles. The minimum atomic E-state index is -4.93. The van der Waals surface area contributed by atoms with Crippen LogP contribution in [-0.2, 0) is 9.59 Å². The van der Waals surface area contributed by atoms with Crippen LogP contribution >= 0.6 is 0 Å². The molecule has 3 aromatic rings.